The topological polar surface area (TPSA) is 109 Å². The number of nitrogens with zero attached hydrogens (tertiary/aromatic N) is 1. The zero-order valence-electron chi connectivity index (χ0n) is 10.1. The smallest absolute Gasteiger partial charge is 0.262 e. The highest BCUT2D eigenvalue weighted by Crippen LogP contribution is 2.44. The van der Waals surface area contributed by atoms with E-state index in [0.29, 0.717) is 11.2 Å². The van der Waals surface area contributed by atoms with E-state index in [-0.39, 0.29) is 28.0 Å². The van der Waals surface area contributed by atoms with Crippen molar-refractivity contribution in [3.63, 3.8) is 0 Å². The van der Waals surface area contributed by atoms with Crippen molar-refractivity contribution in [2.24, 2.45) is 0 Å². The van der Waals surface area contributed by atoms with Crippen LogP contribution in [0, 0.1) is 6.92 Å². The van der Waals surface area contributed by atoms with Crippen LogP contribution in [0.1, 0.15) is 5.82 Å². The zero-order chi connectivity index (χ0) is 13.7. The quantitative estimate of drug-likeness (QED) is 0.572. The number of benzene rings is 1. The predicted octanol–water partition coefficient (Wildman–Crippen LogP) is 1.40. The second-order valence-corrected chi connectivity index (χ2v) is 4.09. The van der Waals surface area contributed by atoms with E-state index in [1.165, 1.54) is 13.2 Å². The van der Waals surface area contributed by atoms with Gasteiger partial charge in [-0.1, -0.05) is 0 Å². The second-order valence-electron chi connectivity index (χ2n) is 4.09. The maximum Gasteiger partial charge on any atom is 0.262 e. The molecule has 98 valence electrons. The maximum atomic E-state index is 11.9. The van der Waals surface area contributed by atoms with Crippen LogP contribution in [-0.2, 0) is 0 Å². The van der Waals surface area contributed by atoms with Crippen LogP contribution < -0.4 is 10.3 Å². The molecule has 0 fully saturated rings. The van der Waals surface area contributed by atoms with E-state index in [9.17, 15) is 15.0 Å². The number of aryl methyl sites for hydroxylation is 1. The third-order valence-corrected chi connectivity index (χ3v) is 2.87. The molecule has 3 rings (SSSR count). The van der Waals surface area contributed by atoms with Crippen molar-refractivity contribution in [1.82, 2.24) is 9.97 Å². The van der Waals surface area contributed by atoms with E-state index in [0.717, 1.165) is 0 Å². The van der Waals surface area contributed by atoms with E-state index in [1.807, 2.05) is 0 Å². The largest absolute Gasteiger partial charge is 0.504 e. The Morgan fingerprint density at radius 1 is 1.42 bits per heavy atom. The lowest BCUT2D eigenvalue weighted by atomic mass is 10.2. The standard InChI is InChI=1S/C12H10N2O5/c1-4-13-11(17)7-5-3-6(15)8(16)10(18-2)9(5)19-12(7)14-4/h3,15-16H,1-2H3,(H,13,14,17). The van der Waals surface area contributed by atoms with E-state index in [4.69, 9.17) is 9.15 Å². The van der Waals surface area contributed by atoms with Gasteiger partial charge in [0, 0.05) is 5.39 Å². The molecule has 0 unspecified atom stereocenters. The summed E-state index contributed by atoms with van der Waals surface area (Å²) < 4.78 is 10.4. The Balaban J connectivity index is 2.62. The van der Waals surface area contributed by atoms with Crippen molar-refractivity contribution in [1.29, 1.82) is 0 Å². The molecule has 3 N–H and O–H groups in total. The molecule has 0 radical (unpaired) electrons. The lowest BCUT2D eigenvalue weighted by molar-refractivity contribution is 0.350. The maximum absolute atomic E-state index is 11.9. The number of hydrogen-bond acceptors (Lipinski definition) is 6. The lowest BCUT2D eigenvalue weighted by Crippen LogP contribution is -2.08. The molecule has 7 heteroatoms. The lowest BCUT2D eigenvalue weighted by Gasteiger charge is -2.04. The van der Waals surface area contributed by atoms with Gasteiger partial charge in [0.2, 0.25) is 17.2 Å². The summed E-state index contributed by atoms with van der Waals surface area (Å²) in [7, 11) is 1.32. The molecule has 3 aromatic rings. The minimum atomic E-state index is -0.442. The number of nitrogens with one attached hydrogen (secondary N) is 1. The minimum Gasteiger partial charge on any atom is -0.504 e. The normalized spacial score (nSPS) is 11.3. The van der Waals surface area contributed by atoms with Crippen LogP contribution in [0.5, 0.6) is 17.2 Å². The number of ether oxygens (including phenoxy) is 1. The zero-order valence-corrected chi connectivity index (χ0v) is 10.1. The van der Waals surface area contributed by atoms with E-state index in [1.54, 1.807) is 6.92 Å². The van der Waals surface area contributed by atoms with Crippen LogP contribution in [0.15, 0.2) is 15.3 Å². The molecule has 2 heterocycles. The molecule has 0 aliphatic heterocycles. The number of phenols is 2. The Bertz CT molecular complexity index is 862. The van der Waals surface area contributed by atoms with Gasteiger partial charge in [0.25, 0.3) is 5.56 Å². The van der Waals surface area contributed by atoms with Crippen molar-refractivity contribution in [2.75, 3.05) is 7.11 Å². The van der Waals surface area contributed by atoms with Crippen LogP contribution in [0.25, 0.3) is 22.1 Å². The fourth-order valence-corrected chi connectivity index (χ4v) is 2.06. The minimum absolute atomic E-state index is 0.0370. The monoisotopic (exact) mass is 262 g/mol. The van der Waals surface area contributed by atoms with E-state index in [2.05, 4.69) is 9.97 Å². The van der Waals surface area contributed by atoms with Crippen molar-refractivity contribution in [3.8, 4) is 17.2 Å². The number of aromatic hydroxyl groups is 2. The number of H-pyrrole nitrogens is 1. The van der Waals surface area contributed by atoms with Gasteiger partial charge in [-0.15, -0.1) is 0 Å². The number of methoxy groups -OCH3 is 1. The van der Waals surface area contributed by atoms with Crippen molar-refractivity contribution < 1.29 is 19.4 Å². The van der Waals surface area contributed by atoms with Gasteiger partial charge in [-0.05, 0) is 13.0 Å². The fourth-order valence-electron chi connectivity index (χ4n) is 2.06. The number of phenolic OH excluding ortho intramolecular Hbond substituents is 2. The third-order valence-electron chi connectivity index (χ3n) is 2.87. The molecule has 0 spiro atoms. The number of hydrogen-bond donors (Lipinski definition) is 3. The average molecular weight is 262 g/mol. The number of furan rings is 1. The SMILES string of the molecule is COc1c(O)c(O)cc2c1oc1nc(C)[nH]c(=O)c12. The molecule has 0 bridgehead atoms. The van der Waals surface area contributed by atoms with Gasteiger partial charge in [0.1, 0.15) is 11.2 Å². The highest BCUT2D eigenvalue weighted by molar-refractivity contribution is 6.06. The first-order valence-corrected chi connectivity index (χ1v) is 5.45. The van der Waals surface area contributed by atoms with Crippen LogP contribution in [0.3, 0.4) is 0 Å². The molecule has 2 aromatic heterocycles. The van der Waals surface area contributed by atoms with Gasteiger partial charge in [-0.25, -0.2) is 0 Å². The van der Waals surface area contributed by atoms with Gasteiger partial charge in [0.15, 0.2) is 11.3 Å². The van der Waals surface area contributed by atoms with Crippen molar-refractivity contribution in [3.05, 3.63) is 22.2 Å². The average Bonchev–Trinajstić information content (AvgIpc) is 2.68. The number of aromatic nitrogens is 2. The van der Waals surface area contributed by atoms with Crippen molar-refractivity contribution >= 4 is 22.1 Å². The second kappa shape index (κ2) is 3.64. The highest BCUT2D eigenvalue weighted by Gasteiger charge is 2.21. The molecule has 1 aromatic carbocycles. The van der Waals surface area contributed by atoms with Crippen LogP contribution >= 0.6 is 0 Å². The molecule has 19 heavy (non-hydrogen) atoms. The Morgan fingerprint density at radius 3 is 2.84 bits per heavy atom. The van der Waals surface area contributed by atoms with Gasteiger partial charge in [0.05, 0.1) is 7.11 Å². The Kier molecular flexibility index (Phi) is 2.19. The van der Waals surface area contributed by atoms with E-state index >= 15 is 0 Å². The molecule has 0 aliphatic carbocycles. The van der Waals surface area contributed by atoms with Crippen LogP contribution in [0.2, 0.25) is 0 Å². The molecule has 0 atom stereocenters. The molecular weight excluding hydrogens is 252 g/mol. The first-order valence-electron chi connectivity index (χ1n) is 5.45. The molecule has 0 saturated heterocycles. The van der Waals surface area contributed by atoms with Gasteiger partial charge >= 0.3 is 0 Å². The summed E-state index contributed by atoms with van der Waals surface area (Å²) in [5.74, 6) is -0.469. The Hall–Kier alpha value is -2.70. The Morgan fingerprint density at radius 2 is 2.16 bits per heavy atom. The molecule has 0 saturated carbocycles. The molecule has 0 aliphatic rings. The number of fused-ring (bicyclic) bond motifs is 3. The van der Waals surface area contributed by atoms with Crippen LogP contribution in [-0.4, -0.2) is 27.3 Å². The molecule has 0 amide bonds. The Labute approximate surface area is 106 Å². The summed E-state index contributed by atoms with van der Waals surface area (Å²) in [4.78, 5) is 18.5. The third kappa shape index (κ3) is 1.44. The number of rotatable bonds is 1. The highest BCUT2D eigenvalue weighted by atomic mass is 16.5. The predicted molar refractivity (Wildman–Crippen MR) is 66.8 cm³/mol. The van der Waals surface area contributed by atoms with E-state index < -0.39 is 11.5 Å². The van der Waals surface area contributed by atoms with Gasteiger partial charge in [-0.2, -0.15) is 4.98 Å². The summed E-state index contributed by atoms with van der Waals surface area (Å²) in [5.41, 5.74) is -0.0932. The summed E-state index contributed by atoms with van der Waals surface area (Å²) >= 11 is 0. The summed E-state index contributed by atoms with van der Waals surface area (Å²) in [6.07, 6.45) is 0. The molecule has 7 nitrogen and oxygen atoms in total. The summed E-state index contributed by atoms with van der Waals surface area (Å²) in [5, 5.41) is 19.9. The van der Waals surface area contributed by atoms with Gasteiger partial charge < -0.3 is 24.4 Å². The summed E-state index contributed by atoms with van der Waals surface area (Å²) in [6.45, 7) is 1.63. The van der Waals surface area contributed by atoms with Crippen molar-refractivity contribution in [2.45, 2.75) is 6.92 Å². The number of aromatic amines is 1. The summed E-state index contributed by atoms with van der Waals surface area (Å²) in [6, 6.07) is 1.24. The van der Waals surface area contributed by atoms with Gasteiger partial charge in [-0.3, -0.25) is 4.79 Å². The molecular formula is C12H10N2O5. The first kappa shape index (κ1) is 11.4. The van der Waals surface area contributed by atoms with Crippen LogP contribution in [0.4, 0.5) is 0 Å². The fraction of sp³-hybridized carbons (Fsp3) is 0.167. The first-order chi connectivity index (χ1) is 9.02.